The van der Waals surface area contributed by atoms with Crippen LogP contribution in [0.5, 0.6) is 5.75 Å². The van der Waals surface area contributed by atoms with Gasteiger partial charge in [0.1, 0.15) is 5.75 Å². The Morgan fingerprint density at radius 3 is 2.94 bits per heavy atom. The van der Waals surface area contributed by atoms with Crippen molar-refractivity contribution < 1.29 is 4.74 Å². The van der Waals surface area contributed by atoms with E-state index in [1.807, 2.05) is 30.0 Å². The minimum Gasteiger partial charge on any atom is -0.492 e. The highest BCUT2D eigenvalue weighted by Gasteiger charge is 2.06. The number of benzene rings is 1. The molecule has 0 aliphatic rings. The summed E-state index contributed by atoms with van der Waals surface area (Å²) in [7, 11) is 0. The summed E-state index contributed by atoms with van der Waals surface area (Å²) in [5, 5.41) is 0. The zero-order chi connectivity index (χ0) is 11.8. The fraction of sp³-hybridized carbons (Fsp3) is 0.500. The van der Waals surface area contributed by atoms with Crippen LogP contribution >= 0.6 is 39.3 Å². The van der Waals surface area contributed by atoms with Gasteiger partial charge in [-0.05, 0) is 39.9 Å². The molecule has 4 heteroatoms. The van der Waals surface area contributed by atoms with E-state index in [1.165, 1.54) is 5.75 Å². The predicted molar refractivity (Wildman–Crippen MR) is 76.8 cm³/mol. The Balaban J connectivity index is 2.46. The second kappa shape index (κ2) is 8.26. The van der Waals surface area contributed by atoms with E-state index in [2.05, 4.69) is 22.9 Å². The van der Waals surface area contributed by atoms with Gasteiger partial charge in [-0.1, -0.05) is 19.1 Å². The molecule has 0 N–H and O–H groups in total. The van der Waals surface area contributed by atoms with Gasteiger partial charge in [0.15, 0.2) is 0 Å². The van der Waals surface area contributed by atoms with Crippen molar-refractivity contribution in [3.63, 3.8) is 0 Å². The number of hydrogen-bond donors (Lipinski definition) is 0. The second-order valence-corrected chi connectivity index (χ2v) is 5.78. The van der Waals surface area contributed by atoms with Gasteiger partial charge in [-0.25, -0.2) is 0 Å². The Kier molecular flexibility index (Phi) is 7.33. The van der Waals surface area contributed by atoms with Gasteiger partial charge in [-0.3, -0.25) is 0 Å². The first-order chi connectivity index (χ1) is 7.79. The molecular weight excluding hydrogens is 308 g/mol. The SMILES string of the molecule is CCSCCCOc1c(Br)cccc1CCl. The zero-order valence-electron chi connectivity index (χ0n) is 9.34. The van der Waals surface area contributed by atoms with E-state index in [9.17, 15) is 0 Å². The third-order valence-corrected chi connectivity index (χ3v) is 3.97. The van der Waals surface area contributed by atoms with Crippen molar-refractivity contribution in [3.8, 4) is 5.75 Å². The van der Waals surface area contributed by atoms with Crippen LogP contribution in [0.1, 0.15) is 18.9 Å². The van der Waals surface area contributed by atoms with Crippen LogP contribution in [0.2, 0.25) is 0 Å². The predicted octanol–water partition coefficient (Wildman–Crippen LogP) is 4.71. The number of alkyl halides is 1. The third kappa shape index (κ3) is 4.56. The summed E-state index contributed by atoms with van der Waals surface area (Å²) in [4.78, 5) is 0. The molecule has 1 nitrogen and oxygen atoms in total. The van der Waals surface area contributed by atoms with Gasteiger partial charge in [0.2, 0.25) is 0 Å². The molecule has 16 heavy (non-hydrogen) atoms. The molecule has 0 amide bonds. The summed E-state index contributed by atoms with van der Waals surface area (Å²) in [6.07, 6.45) is 1.07. The van der Waals surface area contributed by atoms with Crippen LogP contribution in [-0.2, 0) is 5.88 Å². The summed E-state index contributed by atoms with van der Waals surface area (Å²) in [6.45, 7) is 2.92. The molecule has 0 spiro atoms. The first kappa shape index (κ1) is 14.2. The normalized spacial score (nSPS) is 10.4. The standard InChI is InChI=1S/C12H16BrClOS/c1-2-16-8-4-7-15-12-10(9-14)5-3-6-11(12)13/h3,5-6H,2,4,7-9H2,1H3. The number of hydrogen-bond acceptors (Lipinski definition) is 2. The minimum absolute atomic E-state index is 0.485. The van der Waals surface area contributed by atoms with E-state index in [0.29, 0.717) is 5.88 Å². The Morgan fingerprint density at radius 1 is 1.44 bits per heavy atom. The van der Waals surface area contributed by atoms with Gasteiger partial charge < -0.3 is 4.74 Å². The van der Waals surface area contributed by atoms with Crippen molar-refractivity contribution in [2.24, 2.45) is 0 Å². The van der Waals surface area contributed by atoms with E-state index < -0.39 is 0 Å². The molecule has 0 aliphatic heterocycles. The summed E-state index contributed by atoms with van der Waals surface area (Å²) in [6, 6.07) is 5.95. The molecule has 1 rings (SSSR count). The highest BCUT2D eigenvalue weighted by atomic mass is 79.9. The second-order valence-electron chi connectivity index (χ2n) is 3.26. The Hall–Kier alpha value is 0.140. The Labute approximate surface area is 115 Å². The fourth-order valence-corrected chi connectivity index (χ4v) is 2.64. The van der Waals surface area contributed by atoms with Crippen LogP contribution in [0.4, 0.5) is 0 Å². The number of ether oxygens (including phenoxy) is 1. The molecule has 0 fully saturated rings. The van der Waals surface area contributed by atoms with E-state index in [0.717, 1.165) is 34.6 Å². The van der Waals surface area contributed by atoms with E-state index in [4.69, 9.17) is 16.3 Å². The molecule has 0 aliphatic carbocycles. The zero-order valence-corrected chi connectivity index (χ0v) is 12.5. The minimum atomic E-state index is 0.485. The molecule has 0 unspecified atom stereocenters. The molecule has 0 aromatic heterocycles. The molecule has 1 aromatic rings. The van der Waals surface area contributed by atoms with Crippen molar-refractivity contribution in [2.45, 2.75) is 19.2 Å². The molecule has 90 valence electrons. The maximum atomic E-state index is 5.86. The van der Waals surface area contributed by atoms with E-state index >= 15 is 0 Å². The largest absolute Gasteiger partial charge is 0.492 e. The smallest absolute Gasteiger partial charge is 0.137 e. The lowest BCUT2D eigenvalue weighted by Crippen LogP contribution is -2.01. The molecule has 1 aromatic carbocycles. The molecule has 0 heterocycles. The Morgan fingerprint density at radius 2 is 2.25 bits per heavy atom. The van der Waals surface area contributed by atoms with Gasteiger partial charge >= 0.3 is 0 Å². The van der Waals surface area contributed by atoms with Crippen LogP contribution in [0.3, 0.4) is 0 Å². The van der Waals surface area contributed by atoms with Crippen LogP contribution in [0.15, 0.2) is 22.7 Å². The van der Waals surface area contributed by atoms with Crippen molar-refractivity contribution in [1.82, 2.24) is 0 Å². The lowest BCUT2D eigenvalue weighted by Gasteiger charge is -2.11. The average molecular weight is 324 g/mol. The third-order valence-electron chi connectivity index (χ3n) is 2.08. The molecule has 0 radical (unpaired) electrons. The summed E-state index contributed by atoms with van der Waals surface area (Å²) in [5.41, 5.74) is 1.04. The lowest BCUT2D eigenvalue weighted by molar-refractivity contribution is 0.314. The first-order valence-corrected chi connectivity index (χ1v) is 7.81. The Bertz CT molecular complexity index is 320. The van der Waals surface area contributed by atoms with Gasteiger partial charge in [0.05, 0.1) is 17.0 Å². The molecule has 0 saturated carbocycles. The van der Waals surface area contributed by atoms with Crippen molar-refractivity contribution in [1.29, 1.82) is 0 Å². The van der Waals surface area contributed by atoms with Gasteiger partial charge in [-0.15, -0.1) is 11.6 Å². The summed E-state index contributed by atoms with van der Waals surface area (Å²) in [5.74, 6) is 3.69. The monoisotopic (exact) mass is 322 g/mol. The van der Waals surface area contributed by atoms with E-state index in [-0.39, 0.29) is 0 Å². The quantitative estimate of drug-likeness (QED) is 0.531. The lowest BCUT2D eigenvalue weighted by atomic mass is 10.2. The maximum Gasteiger partial charge on any atom is 0.137 e. The first-order valence-electron chi connectivity index (χ1n) is 5.33. The van der Waals surface area contributed by atoms with Gasteiger partial charge in [-0.2, -0.15) is 11.8 Å². The molecule has 0 saturated heterocycles. The van der Waals surface area contributed by atoms with Gasteiger partial charge in [0, 0.05) is 5.56 Å². The highest BCUT2D eigenvalue weighted by molar-refractivity contribution is 9.10. The van der Waals surface area contributed by atoms with Crippen LogP contribution in [-0.4, -0.2) is 18.1 Å². The highest BCUT2D eigenvalue weighted by Crippen LogP contribution is 2.30. The topological polar surface area (TPSA) is 9.23 Å². The number of rotatable bonds is 7. The van der Waals surface area contributed by atoms with Crippen molar-refractivity contribution in [2.75, 3.05) is 18.1 Å². The van der Waals surface area contributed by atoms with Crippen molar-refractivity contribution in [3.05, 3.63) is 28.2 Å². The fourth-order valence-electron chi connectivity index (χ4n) is 1.30. The molecule has 0 atom stereocenters. The van der Waals surface area contributed by atoms with Gasteiger partial charge in [0.25, 0.3) is 0 Å². The number of thioether (sulfide) groups is 1. The molecule has 0 bridgehead atoms. The summed E-state index contributed by atoms with van der Waals surface area (Å²) >= 11 is 11.3. The van der Waals surface area contributed by atoms with Crippen LogP contribution in [0, 0.1) is 0 Å². The summed E-state index contributed by atoms with van der Waals surface area (Å²) < 4.78 is 6.74. The van der Waals surface area contributed by atoms with E-state index in [1.54, 1.807) is 0 Å². The number of para-hydroxylation sites is 1. The average Bonchev–Trinajstić information content (AvgIpc) is 2.30. The maximum absolute atomic E-state index is 5.86. The number of halogens is 2. The van der Waals surface area contributed by atoms with Crippen LogP contribution in [0.25, 0.3) is 0 Å². The van der Waals surface area contributed by atoms with Crippen molar-refractivity contribution >= 4 is 39.3 Å². The van der Waals surface area contributed by atoms with Crippen LogP contribution < -0.4 is 4.74 Å². The molecular formula is C12H16BrClOS.